The normalized spacial score (nSPS) is 12.5. The molecule has 1 amide bonds. The fourth-order valence-electron chi connectivity index (χ4n) is 2.20. The summed E-state index contributed by atoms with van der Waals surface area (Å²) < 4.78 is 31.8. The van der Waals surface area contributed by atoms with Crippen LogP contribution < -0.4 is 5.32 Å². The lowest BCUT2D eigenvalue weighted by Crippen LogP contribution is -2.48. The minimum atomic E-state index is -1.37. The molecule has 2 N–H and O–H groups in total. The highest BCUT2D eigenvalue weighted by atomic mass is 19.1. The van der Waals surface area contributed by atoms with Crippen LogP contribution >= 0.6 is 0 Å². The van der Waals surface area contributed by atoms with E-state index in [-0.39, 0.29) is 12.2 Å². The predicted molar refractivity (Wildman–Crippen MR) is 85.2 cm³/mol. The Bertz CT molecular complexity index is 705. The quantitative estimate of drug-likeness (QED) is 0.876. The third-order valence-corrected chi connectivity index (χ3v) is 3.58. The lowest BCUT2D eigenvalue weighted by Gasteiger charge is -2.31. The summed E-state index contributed by atoms with van der Waals surface area (Å²) in [5.41, 5.74) is -0.507. The Hall–Kier alpha value is -2.47. The van der Waals surface area contributed by atoms with Crippen molar-refractivity contribution in [1.29, 1.82) is 0 Å². The molecule has 0 bridgehead atoms. The monoisotopic (exact) mass is 335 g/mol. The van der Waals surface area contributed by atoms with Gasteiger partial charge in [0.05, 0.1) is 5.54 Å². The molecular formula is C18H19F2NO3. The van der Waals surface area contributed by atoms with Gasteiger partial charge in [0.1, 0.15) is 24.3 Å². The van der Waals surface area contributed by atoms with Gasteiger partial charge in [0, 0.05) is 11.6 Å². The molecule has 4 nitrogen and oxygen atoms in total. The number of carbonyl (C=O) groups is 1. The zero-order valence-corrected chi connectivity index (χ0v) is 13.4. The highest BCUT2D eigenvalue weighted by Crippen LogP contribution is 2.28. The molecular weight excluding hydrogens is 316 g/mol. The van der Waals surface area contributed by atoms with E-state index < -0.39 is 29.4 Å². The molecule has 2 rings (SSSR count). The number of aliphatic hydroxyl groups is 1. The summed E-state index contributed by atoms with van der Waals surface area (Å²) >= 11 is 0. The first-order valence-electron chi connectivity index (χ1n) is 7.41. The van der Waals surface area contributed by atoms with Gasteiger partial charge in [-0.15, -0.1) is 0 Å². The number of hydrogen-bond donors (Lipinski definition) is 2. The summed E-state index contributed by atoms with van der Waals surface area (Å²) in [6, 6.07) is 12.0. The maximum Gasteiger partial charge on any atom is 0.407 e. The summed E-state index contributed by atoms with van der Waals surface area (Å²) in [6.45, 7) is 3.11. The van der Waals surface area contributed by atoms with Crippen molar-refractivity contribution < 1.29 is 23.4 Å². The summed E-state index contributed by atoms with van der Waals surface area (Å²) in [4.78, 5) is 11.9. The first-order chi connectivity index (χ1) is 11.3. The van der Waals surface area contributed by atoms with Crippen LogP contribution in [0.2, 0.25) is 0 Å². The van der Waals surface area contributed by atoms with Crippen molar-refractivity contribution in [2.45, 2.75) is 32.1 Å². The number of alkyl carbamates (subject to hydrolysis) is 1. The summed E-state index contributed by atoms with van der Waals surface area (Å²) in [7, 11) is 0. The first kappa shape index (κ1) is 17.9. The van der Waals surface area contributed by atoms with E-state index >= 15 is 0 Å². The second-order valence-corrected chi connectivity index (χ2v) is 5.98. The lowest BCUT2D eigenvalue weighted by molar-refractivity contribution is 0.0645. The molecule has 0 aliphatic heterocycles. The molecule has 0 saturated carbocycles. The standard InChI is InChI=1S/C18H19F2NO3/c1-18(2,16(22)14-9-8-13(19)10-15(14)20)21-17(23)24-11-12-6-4-3-5-7-12/h3-10,16,22H,11H2,1-2H3,(H,21,23). The maximum absolute atomic E-state index is 13.8. The average Bonchev–Trinajstić information content (AvgIpc) is 2.53. The van der Waals surface area contributed by atoms with Crippen LogP contribution in [0.4, 0.5) is 13.6 Å². The van der Waals surface area contributed by atoms with Crippen LogP contribution in [0.3, 0.4) is 0 Å². The number of aliphatic hydroxyl groups excluding tert-OH is 1. The second-order valence-electron chi connectivity index (χ2n) is 5.98. The van der Waals surface area contributed by atoms with Gasteiger partial charge in [-0.2, -0.15) is 0 Å². The van der Waals surface area contributed by atoms with E-state index in [0.717, 1.165) is 17.7 Å². The molecule has 1 atom stereocenters. The van der Waals surface area contributed by atoms with Gasteiger partial charge in [-0.25, -0.2) is 13.6 Å². The van der Waals surface area contributed by atoms with Crippen LogP contribution in [0, 0.1) is 11.6 Å². The summed E-state index contributed by atoms with van der Waals surface area (Å²) in [6.07, 6.45) is -2.12. The Morgan fingerprint density at radius 1 is 1.21 bits per heavy atom. The number of hydrogen-bond acceptors (Lipinski definition) is 3. The molecule has 0 fully saturated rings. The molecule has 2 aromatic rings. The van der Waals surface area contributed by atoms with E-state index in [4.69, 9.17) is 4.74 Å². The van der Waals surface area contributed by atoms with E-state index in [1.54, 1.807) is 12.1 Å². The minimum Gasteiger partial charge on any atom is -0.445 e. The molecule has 0 radical (unpaired) electrons. The van der Waals surface area contributed by atoms with Crippen molar-refractivity contribution in [3.8, 4) is 0 Å². The summed E-state index contributed by atoms with van der Waals surface area (Å²) in [5.74, 6) is -1.62. The highest BCUT2D eigenvalue weighted by Gasteiger charge is 2.33. The number of amides is 1. The molecule has 1 unspecified atom stereocenters. The number of carbonyl (C=O) groups excluding carboxylic acids is 1. The molecule has 0 aliphatic carbocycles. The van der Waals surface area contributed by atoms with Crippen LogP contribution in [0.25, 0.3) is 0 Å². The van der Waals surface area contributed by atoms with E-state index in [1.807, 2.05) is 18.2 Å². The maximum atomic E-state index is 13.8. The lowest BCUT2D eigenvalue weighted by atomic mass is 9.91. The van der Waals surface area contributed by atoms with Crippen LogP contribution in [-0.4, -0.2) is 16.7 Å². The third-order valence-electron chi connectivity index (χ3n) is 3.58. The Labute approximate surface area is 139 Å². The molecule has 0 aliphatic rings. The van der Waals surface area contributed by atoms with E-state index in [0.29, 0.717) is 6.07 Å². The van der Waals surface area contributed by atoms with E-state index in [9.17, 15) is 18.7 Å². The zero-order chi connectivity index (χ0) is 17.7. The van der Waals surface area contributed by atoms with Crippen LogP contribution in [0.5, 0.6) is 0 Å². The second kappa shape index (κ2) is 7.40. The van der Waals surface area contributed by atoms with Crippen LogP contribution in [-0.2, 0) is 11.3 Å². The molecule has 24 heavy (non-hydrogen) atoms. The van der Waals surface area contributed by atoms with E-state index in [1.165, 1.54) is 13.8 Å². The fourth-order valence-corrected chi connectivity index (χ4v) is 2.20. The van der Waals surface area contributed by atoms with Gasteiger partial charge in [0.25, 0.3) is 0 Å². The first-order valence-corrected chi connectivity index (χ1v) is 7.41. The topological polar surface area (TPSA) is 58.6 Å². The van der Waals surface area contributed by atoms with Gasteiger partial charge in [-0.1, -0.05) is 36.4 Å². The largest absolute Gasteiger partial charge is 0.445 e. The van der Waals surface area contributed by atoms with Crippen LogP contribution in [0.15, 0.2) is 48.5 Å². The van der Waals surface area contributed by atoms with Crippen molar-refractivity contribution in [3.63, 3.8) is 0 Å². The van der Waals surface area contributed by atoms with E-state index in [2.05, 4.69) is 5.32 Å². The van der Waals surface area contributed by atoms with Gasteiger partial charge in [0.15, 0.2) is 0 Å². The molecule has 0 spiro atoms. The number of nitrogens with one attached hydrogen (secondary N) is 1. The molecule has 6 heteroatoms. The van der Waals surface area contributed by atoms with Crippen molar-refractivity contribution >= 4 is 6.09 Å². The number of halogens is 2. The van der Waals surface area contributed by atoms with Crippen LogP contribution in [0.1, 0.15) is 31.1 Å². The zero-order valence-electron chi connectivity index (χ0n) is 13.4. The number of rotatable bonds is 5. The molecule has 0 heterocycles. The van der Waals surface area contributed by atoms with Crippen molar-refractivity contribution in [1.82, 2.24) is 5.32 Å². The molecule has 2 aromatic carbocycles. The van der Waals surface area contributed by atoms with Gasteiger partial charge < -0.3 is 15.2 Å². The molecule has 0 saturated heterocycles. The Morgan fingerprint density at radius 2 is 1.88 bits per heavy atom. The van der Waals surface area contributed by atoms with Gasteiger partial charge in [-0.3, -0.25) is 0 Å². The molecule has 0 aromatic heterocycles. The third kappa shape index (κ3) is 4.52. The highest BCUT2D eigenvalue weighted by molar-refractivity contribution is 5.68. The number of benzene rings is 2. The predicted octanol–water partition coefficient (Wildman–Crippen LogP) is 3.70. The minimum absolute atomic E-state index is 0.0732. The SMILES string of the molecule is CC(C)(NC(=O)OCc1ccccc1)C(O)c1ccc(F)cc1F. The Kier molecular flexibility index (Phi) is 5.51. The average molecular weight is 335 g/mol. The summed E-state index contributed by atoms with van der Waals surface area (Å²) in [5, 5.41) is 12.8. The Balaban J connectivity index is 1.99. The van der Waals surface area contributed by atoms with Crippen molar-refractivity contribution in [2.24, 2.45) is 0 Å². The fraction of sp³-hybridized carbons (Fsp3) is 0.278. The van der Waals surface area contributed by atoms with Gasteiger partial charge >= 0.3 is 6.09 Å². The van der Waals surface area contributed by atoms with Crippen molar-refractivity contribution in [2.75, 3.05) is 0 Å². The van der Waals surface area contributed by atoms with Gasteiger partial charge in [0.2, 0.25) is 0 Å². The van der Waals surface area contributed by atoms with Gasteiger partial charge in [-0.05, 0) is 25.5 Å². The molecule has 128 valence electrons. The Morgan fingerprint density at radius 3 is 2.50 bits per heavy atom. The number of ether oxygens (including phenoxy) is 1. The smallest absolute Gasteiger partial charge is 0.407 e. The van der Waals surface area contributed by atoms with Crippen molar-refractivity contribution in [3.05, 3.63) is 71.3 Å².